The first kappa shape index (κ1) is 27.2. The van der Waals surface area contributed by atoms with E-state index in [2.05, 4.69) is 17.2 Å². The van der Waals surface area contributed by atoms with Crippen molar-refractivity contribution in [2.24, 2.45) is 10.9 Å². The lowest BCUT2D eigenvalue weighted by Crippen LogP contribution is -2.28. The number of fused-ring (bicyclic) bond motifs is 2. The molecule has 1 aliphatic rings. The maximum absolute atomic E-state index is 12.7. The van der Waals surface area contributed by atoms with Gasteiger partial charge in [0.25, 0.3) is 5.91 Å². The molecule has 0 aliphatic heterocycles. The lowest BCUT2D eigenvalue weighted by Gasteiger charge is -2.18. The molecule has 0 saturated carbocycles. The molecule has 0 saturated heterocycles. The normalized spacial score (nSPS) is 16.0. The van der Waals surface area contributed by atoms with Crippen molar-refractivity contribution >= 4 is 65.5 Å². The van der Waals surface area contributed by atoms with Crippen LogP contribution in [-0.4, -0.2) is 49.4 Å². The number of carbonyl (C=O) groups excluding carboxylic acids is 3. The fourth-order valence-corrected chi connectivity index (χ4v) is 8.11. The Balaban J connectivity index is 1.50. The Bertz CT molecular complexity index is 1560. The van der Waals surface area contributed by atoms with Gasteiger partial charge >= 0.3 is 5.97 Å². The Hall–Kier alpha value is -2.83. The summed E-state index contributed by atoms with van der Waals surface area (Å²) in [6.45, 7) is 6.57. The number of carbonyl (C=O) groups is 3. The van der Waals surface area contributed by atoms with Crippen molar-refractivity contribution in [3.05, 3.63) is 44.6 Å². The zero-order valence-electron chi connectivity index (χ0n) is 21.1. The quantitative estimate of drug-likeness (QED) is 0.439. The smallest absolute Gasteiger partial charge is 0.341 e. The first-order valence-corrected chi connectivity index (χ1v) is 15.4. The van der Waals surface area contributed by atoms with Crippen LogP contribution in [0.25, 0.3) is 10.2 Å². The highest BCUT2D eigenvalue weighted by Gasteiger charge is 2.30. The van der Waals surface area contributed by atoms with Gasteiger partial charge in [0.15, 0.2) is 14.6 Å². The van der Waals surface area contributed by atoms with Crippen molar-refractivity contribution in [1.29, 1.82) is 0 Å². The number of aromatic nitrogens is 1. The van der Waals surface area contributed by atoms with Gasteiger partial charge in [-0.3, -0.25) is 9.59 Å². The maximum atomic E-state index is 12.7. The summed E-state index contributed by atoms with van der Waals surface area (Å²) in [7, 11) is -2.83. The monoisotopic (exact) mass is 563 g/mol. The molecule has 37 heavy (non-hydrogen) atoms. The van der Waals surface area contributed by atoms with Crippen LogP contribution in [0, 0.1) is 12.8 Å². The van der Waals surface area contributed by atoms with Crippen LogP contribution in [0.2, 0.25) is 0 Å². The van der Waals surface area contributed by atoms with Crippen LogP contribution in [0.4, 0.5) is 5.00 Å². The first-order valence-electron chi connectivity index (χ1n) is 11.9. The molecular weight excluding hydrogens is 534 g/mol. The molecule has 198 valence electrons. The van der Waals surface area contributed by atoms with Crippen LogP contribution in [0.1, 0.15) is 46.6 Å². The van der Waals surface area contributed by atoms with E-state index in [1.807, 2.05) is 36.6 Å². The number of hydrogen-bond donors (Lipinski definition) is 1. The summed E-state index contributed by atoms with van der Waals surface area (Å²) in [5.74, 6) is -3.55. The molecule has 0 radical (unpaired) electrons. The molecule has 0 fully saturated rings. The van der Waals surface area contributed by atoms with E-state index in [0.29, 0.717) is 23.7 Å². The molecular formula is C25H29N3O6S3. The Labute approximate surface area is 223 Å². The summed E-state index contributed by atoms with van der Waals surface area (Å²) >= 11 is 2.58. The summed E-state index contributed by atoms with van der Waals surface area (Å²) < 4.78 is 33.1. The molecule has 2 heterocycles. The Morgan fingerprint density at radius 3 is 2.68 bits per heavy atom. The second-order valence-corrected chi connectivity index (χ2v) is 13.4. The summed E-state index contributed by atoms with van der Waals surface area (Å²) in [4.78, 5) is 43.1. The molecule has 1 aliphatic carbocycles. The molecule has 1 unspecified atom stereocenters. The average molecular weight is 564 g/mol. The van der Waals surface area contributed by atoms with E-state index >= 15 is 0 Å². The minimum atomic E-state index is -4.10. The molecule has 3 aromatic rings. The van der Waals surface area contributed by atoms with Crippen molar-refractivity contribution in [2.45, 2.75) is 46.6 Å². The highest BCUT2D eigenvalue weighted by Crippen LogP contribution is 2.40. The van der Waals surface area contributed by atoms with Gasteiger partial charge < -0.3 is 14.6 Å². The third-order valence-corrected chi connectivity index (χ3v) is 9.82. The van der Waals surface area contributed by atoms with Crippen molar-refractivity contribution in [3.63, 3.8) is 0 Å². The number of nitrogens with zero attached hydrogens (tertiary/aromatic N) is 2. The van der Waals surface area contributed by atoms with Crippen molar-refractivity contribution in [1.82, 2.24) is 4.57 Å². The number of sulfone groups is 1. The number of aryl methyl sites for hydroxylation is 2. The standard InChI is InChI=1S/C25H29N3O6S3/c1-5-28-17-9-7-15(3)11-19(17)36-25(28)27-21(30)13-37(32,33)12-20(29)26-23-22(24(31)34-4)16-8-6-14(2)10-18(16)35-23/h7,9,11,14H,5-6,8,10,12-13H2,1-4H3,(H,26,29). The largest absolute Gasteiger partial charge is 0.465 e. The van der Waals surface area contributed by atoms with Gasteiger partial charge in [-0.15, -0.1) is 11.3 Å². The number of ether oxygens (including phenoxy) is 1. The van der Waals surface area contributed by atoms with Gasteiger partial charge in [-0.1, -0.05) is 24.3 Å². The lowest BCUT2D eigenvalue weighted by atomic mass is 9.88. The molecule has 0 bridgehead atoms. The van der Waals surface area contributed by atoms with E-state index in [0.717, 1.165) is 39.1 Å². The molecule has 0 spiro atoms. The topological polar surface area (TPSA) is 124 Å². The maximum Gasteiger partial charge on any atom is 0.341 e. The number of methoxy groups -OCH3 is 1. The second-order valence-electron chi connectivity index (χ2n) is 9.23. The van der Waals surface area contributed by atoms with Gasteiger partial charge in [0, 0.05) is 11.4 Å². The van der Waals surface area contributed by atoms with Gasteiger partial charge in [-0.2, -0.15) is 4.99 Å². The summed E-state index contributed by atoms with van der Waals surface area (Å²) in [5.41, 5.74) is 3.13. The van der Waals surface area contributed by atoms with Crippen LogP contribution in [0.15, 0.2) is 23.2 Å². The average Bonchev–Trinajstić information content (AvgIpc) is 3.32. The minimum absolute atomic E-state index is 0.284. The zero-order chi connectivity index (χ0) is 26.9. The highest BCUT2D eigenvalue weighted by molar-refractivity contribution is 7.92. The van der Waals surface area contributed by atoms with E-state index in [4.69, 9.17) is 4.74 Å². The zero-order valence-corrected chi connectivity index (χ0v) is 23.6. The predicted molar refractivity (Wildman–Crippen MR) is 145 cm³/mol. The third-order valence-electron chi connectivity index (χ3n) is 6.22. The third kappa shape index (κ3) is 6.02. The molecule has 12 heteroatoms. The fourth-order valence-electron chi connectivity index (χ4n) is 4.47. The van der Waals surface area contributed by atoms with Gasteiger partial charge in [-0.25, -0.2) is 13.2 Å². The van der Waals surface area contributed by atoms with Gasteiger partial charge in [0.1, 0.15) is 16.5 Å². The van der Waals surface area contributed by atoms with Crippen LogP contribution in [0.3, 0.4) is 0 Å². The van der Waals surface area contributed by atoms with Gasteiger partial charge in [0.05, 0.1) is 22.9 Å². The number of thiophene rings is 1. The number of amides is 2. The number of hydrogen-bond acceptors (Lipinski definition) is 8. The van der Waals surface area contributed by atoms with E-state index < -0.39 is 39.1 Å². The number of nitrogens with one attached hydrogen (secondary N) is 1. The summed E-state index contributed by atoms with van der Waals surface area (Å²) in [6, 6.07) is 5.90. The van der Waals surface area contributed by atoms with E-state index in [-0.39, 0.29) is 10.6 Å². The van der Waals surface area contributed by atoms with Crippen molar-refractivity contribution < 1.29 is 27.5 Å². The minimum Gasteiger partial charge on any atom is -0.465 e. The van der Waals surface area contributed by atoms with Crippen LogP contribution in [-0.2, 0) is 43.5 Å². The number of benzene rings is 1. The SMILES string of the molecule is CCn1c(=NC(=O)CS(=O)(=O)CC(=O)Nc2sc3c(c2C(=O)OC)CCC(C)C3)sc2cc(C)ccc21. The highest BCUT2D eigenvalue weighted by atomic mass is 32.2. The molecule has 1 N–H and O–H groups in total. The fraction of sp³-hybridized carbons (Fsp3) is 0.440. The Kier molecular flexibility index (Phi) is 8.00. The van der Waals surface area contributed by atoms with Gasteiger partial charge in [0.2, 0.25) is 5.91 Å². The van der Waals surface area contributed by atoms with Crippen molar-refractivity contribution in [2.75, 3.05) is 23.9 Å². The van der Waals surface area contributed by atoms with E-state index in [9.17, 15) is 22.8 Å². The van der Waals surface area contributed by atoms with E-state index in [1.165, 1.54) is 29.8 Å². The molecule has 4 rings (SSSR count). The molecule has 2 amide bonds. The number of anilines is 1. The number of esters is 1. The summed E-state index contributed by atoms with van der Waals surface area (Å²) in [5, 5.41) is 2.86. The molecule has 9 nitrogen and oxygen atoms in total. The Morgan fingerprint density at radius 1 is 1.22 bits per heavy atom. The number of thiazole rings is 1. The van der Waals surface area contributed by atoms with Crippen LogP contribution >= 0.6 is 22.7 Å². The first-order chi connectivity index (χ1) is 17.5. The molecule has 1 atom stereocenters. The lowest BCUT2D eigenvalue weighted by molar-refractivity contribution is -0.115. The van der Waals surface area contributed by atoms with Crippen molar-refractivity contribution in [3.8, 4) is 0 Å². The predicted octanol–water partition coefficient (Wildman–Crippen LogP) is 3.48. The Morgan fingerprint density at radius 2 is 1.97 bits per heavy atom. The summed E-state index contributed by atoms with van der Waals surface area (Å²) in [6.07, 6.45) is 2.39. The number of rotatable bonds is 7. The van der Waals surface area contributed by atoms with Crippen LogP contribution < -0.4 is 10.1 Å². The molecule has 1 aromatic carbocycles. The second kappa shape index (κ2) is 10.9. The molecule has 2 aromatic heterocycles. The van der Waals surface area contributed by atoms with Crippen LogP contribution in [0.5, 0.6) is 0 Å². The van der Waals surface area contributed by atoms with E-state index in [1.54, 1.807) is 0 Å². The van der Waals surface area contributed by atoms with Gasteiger partial charge in [-0.05, 0) is 62.3 Å².